The van der Waals surface area contributed by atoms with Crippen LogP contribution in [0.15, 0.2) is 36.8 Å². The van der Waals surface area contributed by atoms with E-state index in [1.165, 1.54) is 55.5 Å². The molecule has 1 aromatic carbocycles. The van der Waals surface area contributed by atoms with Gasteiger partial charge < -0.3 is 101 Å². The zero-order valence-electron chi connectivity index (χ0n) is 49.4. The molecule has 1 aliphatic rings. The molecular formula is C52H79N19O16S4. The number of likely N-dealkylation sites (tertiary alicyclic amines) is 1. The summed E-state index contributed by atoms with van der Waals surface area (Å²) in [5.41, 5.74) is 16.8. The number of nitrogens with one attached hydrogen (secondary N) is 14. The van der Waals surface area contributed by atoms with Gasteiger partial charge in [-0.05, 0) is 50.3 Å². The number of hydrogen-bond donors (Lipinski definition) is 23. The number of hydrogen-bond acceptors (Lipinski definition) is 22. The topological polar surface area (TPSA) is 558 Å². The zero-order valence-corrected chi connectivity index (χ0v) is 53.0. The van der Waals surface area contributed by atoms with Gasteiger partial charge in [-0.15, -0.1) is 0 Å². The number of nitrogens with zero attached hydrogens (tertiary/aromatic N) is 2. The number of amides is 14. The molecule has 3 rings (SSSR count). The molecular weight excluding hydrogens is 1270 g/mol. The number of nitrogens with two attached hydrogens (primary N) is 3. The Labute approximate surface area is 543 Å². The van der Waals surface area contributed by atoms with Crippen molar-refractivity contribution < 1.29 is 77.3 Å². The van der Waals surface area contributed by atoms with E-state index in [0.717, 1.165) is 0 Å². The summed E-state index contributed by atoms with van der Waals surface area (Å²) in [4.78, 5) is 194. The molecule has 35 nitrogen and oxygen atoms in total. The molecule has 502 valence electrons. The number of H-pyrrole nitrogens is 1. The van der Waals surface area contributed by atoms with Crippen LogP contribution in [-0.4, -0.2) is 229 Å². The van der Waals surface area contributed by atoms with Crippen LogP contribution in [0, 0.1) is 5.41 Å². The molecule has 1 saturated heterocycles. The molecule has 2 heterocycles. The van der Waals surface area contributed by atoms with Gasteiger partial charge in [-0.25, -0.2) is 4.98 Å². The van der Waals surface area contributed by atoms with Crippen molar-refractivity contribution >= 4 is 139 Å². The molecule has 1 aromatic heterocycles. The summed E-state index contributed by atoms with van der Waals surface area (Å²) < 4.78 is 0. The second-order valence-corrected chi connectivity index (χ2v) is 22.0. The summed E-state index contributed by atoms with van der Waals surface area (Å²) in [6.07, 6.45) is 1.72. The van der Waals surface area contributed by atoms with Gasteiger partial charge in [0.25, 0.3) is 0 Å². The molecule has 11 atom stereocenters. The summed E-state index contributed by atoms with van der Waals surface area (Å²) in [5, 5.41) is 56.2. The maximum absolute atomic E-state index is 14.2. The van der Waals surface area contributed by atoms with Crippen LogP contribution in [0.25, 0.3) is 0 Å². The Morgan fingerprint density at radius 3 is 1.71 bits per heavy atom. The molecule has 0 saturated carbocycles. The number of carbonyl (C=O) groups excluding carboxylic acids is 14. The minimum atomic E-state index is -1.86. The second kappa shape index (κ2) is 38.9. The molecule has 22 N–H and O–H groups in total. The average Bonchev–Trinajstić information content (AvgIpc) is 2.07. The Morgan fingerprint density at radius 2 is 1.15 bits per heavy atom. The Hall–Kier alpha value is -8.56. The molecule has 14 amide bonds. The van der Waals surface area contributed by atoms with Crippen molar-refractivity contribution in [3.63, 3.8) is 0 Å². The van der Waals surface area contributed by atoms with Gasteiger partial charge in [-0.3, -0.25) is 72.5 Å². The van der Waals surface area contributed by atoms with E-state index in [0.29, 0.717) is 17.7 Å². The van der Waals surface area contributed by atoms with E-state index in [9.17, 15) is 77.3 Å². The maximum atomic E-state index is 14.2. The van der Waals surface area contributed by atoms with Crippen LogP contribution < -0.4 is 81.0 Å². The number of phenols is 1. The highest BCUT2D eigenvalue weighted by Crippen LogP contribution is 2.20. The van der Waals surface area contributed by atoms with Crippen molar-refractivity contribution in [1.29, 1.82) is 5.41 Å². The van der Waals surface area contributed by atoms with Gasteiger partial charge in [0.1, 0.15) is 72.2 Å². The van der Waals surface area contributed by atoms with Crippen LogP contribution in [0.4, 0.5) is 0 Å². The maximum Gasteiger partial charge on any atom is 0.246 e. The lowest BCUT2D eigenvalue weighted by Gasteiger charge is -2.30. The highest BCUT2D eigenvalue weighted by atomic mass is 32.1. The fraction of sp³-hybridized carbons (Fsp3) is 0.538. The summed E-state index contributed by atoms with van der Waals surface area (Å²) in [6.45, 7) is 0.698. The Bertz CT molecular complexity index is 2920. The van der Waals surface area contributed by atoms with E-state index in [2.05, 4.69) is 124 Å². The van der Waals surface area contributed by atoms with Crippen molar-refractivity contribution in [2.45, 2.75) is 125 Å². The van der Waals surface area contributed by atoms with E-state index >= 15 is 0 Å². The minimum absolute atomic E-state index is 0.00961. The quantitative estimate of drug-likeness (QED) is 0.0128. The Balaban J connectivity index is 1.73. The van der Waals surface area contributed by atoms with Gasteiger partial charge in [0.05, 0.1) is 31.6 Å². The number of thiol groups is 4. The molecule has 0 unspecified atom stereocenters. The first-order chi connectivity index (χ1) is 43.0. The molecule has 0 aliphatic carbocycles. The van der Waals surface area contributed by atoms with Crippen LogP contribution in [0.3, 0.4) is 0 Å². The average molecular weight is 1350 g/mol. The number of aromatic nitrogens is 2. The first kappa shape index (κ1) is 76.7. The highest BCUT2D eigenvalue weighted by molar-refractivity contribution is 7.80. The number of aliphatic hydroxyl groups excluding tert-OH is 1. The third kappa shape index (κ3) is 26.1. The normalized spacial score (nSPS) is 15.9. The molecule has 2 aromatic rings. The number of rotatable bonds is 38. The predicted octanol–water partition coefficient (Wildman–Crippen LogP) is -8.77. The van der Waals surface area contributed by atoms with Gasteiger partial charge in [-0.2, -0.15) is 50.5 Å². The summed E-state index contributed by atoms with van der Waals surface area (Å²) in [5.74, 6) is -14.4. The van der Waals surface area contributed by atoms with Crippen LogP contribution in [0.2, 0.25) is 0 Å². The van der Waals surface area contributed by atoms with Crippen molar-refractivity contribution in [2.24, 2.45) is 17.2 Å². The second-order valence-electron chi connectivity index (χ2n) is 20.5. The molecule has 0 bridgehead atoms. The number of phenolic OH excluding ortho intramolecular Hbond substituents is 1. The van der Waals surface area contributed by atoms with Gasteiger partial charge in [0, 0.05) is 62.1 Å². The standard InChI is InChI=1S/C52H79N19O16S4/c1-24(61-50(86)38-6-4-12-71(38)51(87)32(14-27-16-57-23-60-27)66-49(85)37(22-91)70-48(84)36(21-90)62-25(2)73)42(78)69-35(20-89)43(79)59-17-40(76)63-29(5-3-11-58-52(55)56)44(80)65-31(15-39(53)75)46(82)64-30(13-26-7-9-28(74)10-8-26)45(81)67-33(18-72)47(83)68-34(19-88)41(54)77/h7-10,16,23-24,29-38,72,74,88-91H,3-6,11-15,17-22H2,1-2H3,(H2,53,75)(H2,54,77)(H,57,60)(H,59,79)(H,61,86)(H,62,73)(H,63,76)(H,64,82)(H,65,80)(H,66,85)(H,67,81)(H,68,83)(H,69,78)(H,70,84)(H4,55,56,58)/t24-,29-,30-,31-,32-,33-,34-,35-,36-,37-,38-/m0/s1. The smallest absolute Gasteiger partial charge is 0.246 e. The van der Waals surface area contributed by atoms with E-state index < -0.39 is 175 Å². The Morgan fingerprint density at radius 1 is 0.637 bits per heavy atom. The van der Waals surface area contributed by atoms with Gasteiger partial charge in [-0.1, -0.05) is 12.1 Å². The monoisotopic (exact) mass is 1350 g/mol. The van der Waals surface area contributed by atoms with Crippen molar-refractivity contribution in [2.75, 3.05) is 49.3 Å². The lowest BCUT2D eigenvalue weighted by atomic mass is 10.0. The SMILES string of the molecule is CC(=O)N[C@@H](CS)C(=O)N[C@@H](CS)C(=O)N[C@@H](Cc1c[nH]cn1)C(=O)N1CCC[C@H]1C(=O)N[C@@H](C)C(=O)N[C@@H](CS)C(=O)NCC(=O)N[C@@H](CCCNC(=N)N)C(=O)N[C@@H](CC(N)=O)C(=O)N[C@@H](Cc1ccc(O)cc1)C(=O)N[C@@H](CO)C(=O)N[C@@H](CS)C(N)=O. The number of benzene rings is 1. The summed E-state index contributed by atoms with van der Waals surface area (Å²) >= 11 is 16.4. The number of imidazole rings is 1. The fourth-order valence-electron chi connectivity index (χ4n) is 8.67. The molecule has 0 radical (unpaired) electrons. The van der Waals surface area contributed by atoms with Gasteiger partial charge in [0.15, 0.2) is 5.96 Å². The third-order valence-corrected chi connectivity index (χ3v) is 14.9. The molecule has 0 spiro atoms. The minimum Gasteiger partial charge on any atom is -0.508 e. The lowest BCUT2D eigenvalue weighted by molar-refractivity contribution is -0.142. The van der Waals surface area contributed by atoms with Gasteiger partial charge in [0.2, 0.25) is 82.7 Å². The number of primary amides is 2. The Kier molecular flexibility index (Phi) is 32.8. The summed E-state index contributed by atoms with van der Waals surface area (Å²) in [6, 6.07) is -10.4. The number of aromatic amines is 1. The van der Waals surface area contributed by atoms with E-state index in [1.807, 2.05) is 0 Å². The largest absolute Gasteiger partial charge is 0.508 e. The van der Waals surface area contributed by atoms with Crippen LogP contribution in [0.1, 0.15) is 57.2 Å². The zero-order chi connectivity index (χ0) is 68.1. The predicted molar refractivity (Wildman–Crippen MR) is 337 cm³/mol. The first-order valence-electron chi connectivity index (χ1n) is 28.1. The number of aromatic hydroxyl groups is 1. The molecule has 1 aliphatic heterocycles. The van der Waals surface area contributed by atoms with E-state index in [-0.39, 0.29) is 74.0 Å². The van der Waals surface area contributed by atoms with E-state index in [1.54, 1.807) is 0 Å². The lowest BCUT2D eigenvalue weighted by Crippen LogP contribution is -2.60. The third-order valence-electron chi connectivity index (χ3n) is 13.4. The van der Waals surface area contributed by atoms with Crippen LogP contribution in [-0.2, 0) is 80.0 Å². The molecule has 91 heavy (non-hydrogen) atoms. The van der Waals surface area contributed by atoms with Crippen LogP contribution >= 0.6 is 50.5 Å². The highest BCUT2D eigenvalue weighted by Gasteiger charge is 2.40. The molecule has 39 heteroatoms. The van der Waals surface area contributed by atoms with Gasteiger partial charge >= 0.3 is 0 Å². The fourth-order valence-corrected chi connectivity index (χ4v) is 9.71. The number of guanidine groups is 1. The number of carbonyl (C=O) groups is 14. The van der Waals surface area contributed by atoms with Crippen molar-refractivity contribution in [1.82, 2.24) is 78.7 Å². The summed E-state index contributed by atoms with van der Waals surface area (Å²) in [7, 11) is 0. The molecule has 1 fully saturated rings. The van der Waals surface area contributed by atoms with Crippen LogP contribution in [0.5, 0.6) is 5.75 Å². The van der Waals surface area contributed by atoms with Crippen molar-refractivity contribution in [3.8, 4) is 5.75 Å². The number of aliphatic hydroxyl groups is 1. The first-order valence-corrected chi connectivity index (χ1v) is 30.6. The van der Waals surface area contributed by atoms with Crippen molar-refractivity contribution in [3.05, 3.63) is 48.0 Å². The van der Waals surface area contributed by atoms with E-state index in [4.69, 9.17) is 22.6 Å².